The van der Waals surface area contributed by atoms with Crippen LogP contribution in [0.25, 0.3) is 16.9 Å². The third kappa shape index (κ3) is 6.75. The number of nitrogens with two attached hydrogens (primary N) is 1. The van der Waals surface area contributed by atoms with Gasteiger partial charge < -0.3 is 24.8 Å². The Balaban J connectivity index is 1.37. The van der Waals surface area contributed by atoms with Crippen molar-refractivity contribution in [2.24, 2.45) is 5.73 Å². The highest BCUT2D eigenvalue weighted by atomic mass is 19.1. The number of halogens is 1. The van der Waals surface area contributed by atoms with E-state index >= 15 is 0 Å². The van der Waals surface area contributed by atoms with Gasteiger partial charge in [0, 0.05) is 66.6 Å². The minimum atomic E-state index is -0.752. The average Bonchev–Trinajstić information content (AvgIpc) is 3.46. The lowest BCUT2D eigenvalue weighted by molar-refractivity contribution is -0.00547. The highest BCUT2D eigenvalue weighted by Crippen LogP contribution is 2.39. The number of benzene rings is 3. The number of hydrogen-bond acceptors (Lipinski definition) is 8. The Bertz CT molecular complexity index is 1990. The van der Waals surface area contributed by atoms with E-state index in [1.54, 1.807) is 20.3 Å². The molecule has 260 valence electrons. The van der Waals surface area contributed by atoms with Crippen molar-refractivity contribution in [3.63, 3.8) is 0 Å². The minimum absolute atomic E-state index is 0.251. The van der Waals surface area contributed by atoms with Gasteiger partial charge in [-0.1, -0.05) is 36.4 Å². The lowest BCUT2D eigenvalue weighted by Crippen LogP contribution is -2.49. The lowest BCUT2D eigenvalue weighted by atomic mass is 9.93. The van der Waals surface area contributed by atoms with Crippen LogP contribution in [0.2, 0.25) is 0 Å². The van der Waals surface area contributed by atoms with Crippen molar-refractivity contribution in [3.05, 3.63) is 106 Å². The lowest BCUT2D eigenvalue weighted by Gasteiger charge is -2.35. The number of carbonyl (C=O) groups excluding carboxylic acids is 1. The monoisotopic (exact) mass is 678 g/mol. The van der Waals surface area contributed by atoms with Crippen molar-refractivity contribution in [1.82, 2.24) is 19.4 Å². The number of hydrogen-bond donors (Lipinski definition) is 1. The van der Waals surface area contributed by atoms with Gasteiger partial charge in [0.15, 0.2) is 0 Å². The molecule has 0 bridgehead atoms. The van der Waals surface area contributed by atoms with Crippen LogP contribution in [-0.4, -0.2) is 72.0 Å². The van der Waals surface area contributed by atoms with E-state index in [0.29, 0.717) is 56.6 Å². The highest BCUT2D eigenvalue weighted by molar-refractivity contribution is 6.06. The minimum Gasteiger partial charge on any atom is -0.497 e. The summed E-state index contributed by atoms with van der Waals surface area (Å²) >= 11 is 0. The Morgan fingerprint density at radius 3 is 2.56 bits per heavy atom. The molecule has 1 fully saturated rings. The zero-order valence-electron chi connectivity index (χ0n) is 28.8. The Morgan fingerprint density at radius 2 is 1.82 bits per heavy atom. The summed E-state index contributed by atoms with van der Waals surface area (Å²) in [4.78, 5) is 27.4. The molecule has 1 aliphatic carbocycles. The summed E-state index contributed by atoms with van der Waals surface area (Å²) in [7, 11) is 3.31. The zero-order valence-corrected chi connectivity index (χ0v) is 28.8. The van der Waals surface area contributed by atoms with E-state index < -0.39 is 12.1 Å². The molecule has 3 aromatic carbocycles. The van der Waals surface area contributed by atoms with Gasteiger partial charge in [-0.05, 0) is 62.1 Å². The summed E-state index contributed by atoms with van der Waals surface area (Å²) < 4.78 is 33.4. The first-order valence-electron chi connectivity index (χ1n) is 17.1. The number of aryl methyl sites for hydroxylation is 1. The number of carbonyl (C=O) groups is 1. The molecule has 3 heterocycles. The number of methoxy groups -OCH3 is 2. The highest BCUT2D eigenvalue weighted by Gasteiger charge is 2.31. The molecule has 11 heteroatoms. The first-order valence-corrected chi connectivity index (χ1v) is 17.1. The molecule has 50 heavy (non-hydrogen) atoms. The number of alkyl halides is 1. The summed E-state index contributed by atoms with van der Waals surface area (Å²) in [6.45, 7) is 5.14. The van der Waals surface area contributed by atoms with Gasteiger partial charge in [-0.25, -0.2) is 9.37 Å². The number of ether oxygens (including phenoxy) is 3. The number of fused-ring (bicyclic) bond motifs is 2. The first-order chi connectivity index (χ1) is 24.3. The molecule has 7 rings (SSSR count). The number of aromatic nitrogens is 3. The van der Waals surface area contributed by atoms with E-state index in [4.69, 9.17) is 29.9 Å². The number of anilines is 1. The third-order valence-corrected chi connectivity index (χ3v) is 9.71. The Labute approximate surface area is 291 Å². The molecule has 1 aliphatic heterocycles. The summed E-state index contributed by atoms with van der Waals surface area (Å²) in [5.41, 5.74) is 11.9. The number of amides is 1. The first kappa shape index (κ1) is 33.5. The van der Waals surface area contributed by atoms with Gasteiger partial charge >= 0.3 is 0 Å². The topological polar surface area (TPSA) is 108 Å². The molecule has 2 aliphatic rings. The van der Waals surface area contributed by atoms with Crippen LogP contribution in [0.4, 0.5) is 10.2 Å². The van der Waals surface area contributed by atoms with Crippen LogP contribution >= 0.6 is 0 Å². The van der Waals surface area contributed by atoms with Gasteiger partial charge in [0.05, 0.1) is 32.0 Å². The molecule has 5 aromatic rings. The van der Waals surface area contributed by atoms with Crippen molar-refractivity contribution in [1.29, 1.82) is 0 Å². The molecular weight excluding hydrogens is 635 g/mol. The number of likely N-dealkylation sites (tertiary alicyclic amines) is 1. The Morgan fingerprint density at radius 1 is 1.00 bits per heavy atom. The van der Waals surface area contributed by atoms with Crippen LogP contribution < -0.4 is 20.1 Å². The predicted octanol–water partition coefficient (Wildman–Crippen LogP) is 6.10. The number of nitrogens with zero attached hydrogens (tertiary/aromatic N) is 5. The summed E-state index contributed by atoms with van der Waals surface area (Å²) in [6.07, 6.45) is 1.53. The van der Waals surface area contributed by atoms with Crippen LogP contribution in [0.1, 0.15) is 57.4 Å². The van der Waals surface area contributed by atoms with E-state index in [0.717, 1.165) is 69.8 Å². The molecule has 2 N–H and O–H groups in total. The molecule has 0 spiro atoms. The van der Waals surface area contributed by atoms with Crippen LogP contribution in [0, 0.1) is 6.92 Å². The van der Waals surface area contributed by atoms with Crippen molar-refractivity contribution in [2.75, 3.05) is 45.4 Å². The van der Waals surface area contributed by atoms with Crippen LogP contribution in [0.15, 0.2) is 72.8 Å². The molecule has 0 saturated carbocycles. The van der Waals surface area contributed by atoms with E-state index in [1.807, 2.05) is 66.1 Å². The van der Waals surface area contributed by atoms with Crippen molar-refractivity contribution in [2.45, 2.75) is 51.6 Å². The molecule has 1 unspecified atom stereocenters. The van der Waals surface area contributed by atoms with Crippen molar-refractivity contribution >= 4 is 22.6 Å². The standard InChI is InChI=1S/C39H43FN6O4/c1-25-19-32-30(37(41)47)11-7-13-33(32)46(25)39-42-36-31(12-8-14-34(36)50-18-17-44-23-28(40)24-44)38(43-39)45(21-26-9-5-4-6-10-26)22-27-15-16-29(48-2)20-35(27)49-3/h4-7,9-11,13,15-16,19-20,28,34H,8,12,14,17-18,21-24H2,1-3H3,(H2,41,47). The largest absolute Gasteiger partial charge is 0.497 e. The Hall–Kier alpha value is -5.00. The van der Waals surface area contributed by atoms with Gasteiger partial charge in [0.1, 0.15) is 29.6 Å². The predicted molar refractivity (Wildman–Crippen MR) is 191 cm³/mol. The Kier molecular flexibility index (Phi) is 9.69. The second kappa shape index (κ2) is 14.5. The maximum Gasteiger partial charge on any atom is 0.249 e. The average molecular weight is 679 g/mol. The van der Waals surface area contributed by atoms with Gasteiger partial charge in [0.25, 0.3) is 0 Å². The van der Waals surface area contributed by atoms with E-state index in [-0.39, 0.29) is 6.10 Å². The normalized spacial score (nSPS) is 16.2. The molecular formula is C39H43FN6O4. The summed E-state index contributed by atoms with van der Waals surface area (Å²) in [6, 6.07) is 23.7. The van der Waals surface area contributed by atoms with Crippen molar-refractivity contribution < 1.29 is 23.4 Å². The van der Waals surface area contributed by atoms with Gasteiger partial charge in [0.2, 0.25) is 11.9 Å². The fourth-order valence-corrected chi connectivity index (χ4v) is 7.16. The quantitative estimate of drug-likeness (QED) is 0.159. The van der Waals surface area contributed by atoms with Crippen LogP contribution in [0.5, 0.6) is 11.5 Å². The molecule has 1 amide bonds. The van der Waals surface area contributed by atoms with Crippen molar-refractivity contribution in [3.8, 4) is 17.4 Å². The second-order valence-corrected chi connectivity index (χ2v) is 13.1. The molecule has 2 aromatic heterocycles. The third-order valence-electron chi connectivity index (χ3n) is 9.71. The van der Waals surface area contributed by atoms with Gasteiger partial charge in [-0.3, -0.25) is 14.3 Å². The number of rotatable bonds is 13. The molecule has 10 nitrogen and oxygen atoms in total. The maximum atomic E-state index is 13.5. The maximum absolute atomic E-state index is 13.5. The fourth-order valence-electron chi connectivity index (χ4n) is 7.16. The smallest absolute Gasteiger partial charge is 0.249 e. The fraction of sp³-hybridized carbons (Fsp3) is 0.359. The van der Waals surface area contributed by atoms with Gasteiger partial charge in [-0.15, -0.1) is 0 Å². The van der Waals surface area contributed by atoms with Crippen LogP contribution in [-0.2, 0) is 24.2 Å². The van der Waals surface area contributed by atoms with E-state index in [2.05, 4.69) is 21.9 Å². The SMILES string of the molecule is COc1ccc(CN(Cc2ccccc2)c2nc(-n3c(C)cc4c(C(N)=O)cccc43)nc3c2CCCC3OCCN2CC(F)C2)c(OC)c1. The summed E-state index contributed by atoms with van der Waals surface area (Å²) in [5, 5.41) is 0.748. The van der Waals surface area contributed by atoms with Crippen LogP contribution in [0.3, 0.4) is 0 Å². The zero-order chi connectivity index (χ0) is 34.8. The molecule has 1 atom stereocenters. The second-order valence-electron chi connectivity index (χ2n) is 13.1. The summed E-state index contributed by atoms with van der Waals surface area (Å²) in [5.74, 6) is 2.26. The van der Waals surface area contributed by atoms with E-state index in [9.17, 15) is 9.18 Å². The number of primary amides is 1. The molecule has 0 radical (unpaired) electrons. The molecule has 1 saturated heterocycles. The van der Waals surface area contributed by atoms with Gasteiger partial charge in [-0.2, -0.15) is 4.98 Å². The van der Waals surface area contributed by atoms with E-state index in [1.165, 1.54) is 0 Å².